The van der Waals surface area contributed by atoms with Crippen LogP contribution < -0.4 is 31.8 Å². The highest BCUT2D eigenvalue weighted by Crippen LogP contribution is 2.27. The van der Waals surface area contributed by atoms with Crippen LogP contribution in [0.2, 0.25) is 0 Å². The lowest BCUT2D eigenvalue weighted by Crippen LogP contribution is -2.43. The lowest BCUT2D eigenvalue weighted by atomic mass is 10.2. The van der Waals surface area contributed by atoms with Crippen molar-refractivity contribution in [2.24, 2.45) is 19.8 Å². The van der Waals surface area contributed by atoms with E-state index in [0.29, 0.717) is 17.1 Å². The Hall–Kier alpha value is -4.09. The summed E-state index contributed by atoms with van der Waals surface area (Å²) in [5, 5.41) is 2.66. The molecule has 0 spiro atoms. The van der Waals surface area contributed by atoms with E-state index in [4.69, 9.17) is 15.2 Å². The number of carbonyl (C=O) groups is 2. The minimum absolute atomic E-state index is 0.119. The lowest BCUT2D eigenvalue weighted by molar-refractivity contribution is -0.122. The summed E-state index contributed by atoms with van der Waals surface area (Å²) in [5.41, 5.74) is 4.99. The molecule has 0 atom stereocenters. The number of nitrogens with one attached hydrogen (secondary N) is 1. The van der Waals surface area contributed by atoms with Crippen molar-refractivity contribution in [3.63, 3.8) is 0 Å². The fraction of sp³-hybridized carbons (Fsp3) is 0.316. The van der Waals surface area contributed by atoms with Gasteiger partial charge >= 0.3 is 5.69 Å². The van der Waals surface area contributed by atoms with Gasteiger partial charge in [0.15, 0.2) is 29.3 Å². The van der Waals surface area contributed by atoms with Crippen LogP contribution in [0.15, 0.2) is 34.1 Å². The van der Waals surface area contributed by atoms with Crippen molar-refractivity contribution in [3.8, 4) is 11.5 Å². The number of imidazole rings is 1. The van der Waals surface area contributed by atoms with Crippen molar-refractivity contribution >= 4 is 23.0 Å². The van der Waals surface area contributed by atoms with Gasteiger partial charge in [0, 0.05) is 20.6 Å². The first-order valence-corrected chi connectivity index (χ1v) is 9.18. The molecule has 12 heteroatoms. The monoisotopic (exact) mass is 430 g/mol. The predicted molar refractivity (Wildman–Crippen MR) is 110 cm³/mol. The van der Waals surface area contributed by atoms with Gasteiger partial charge in [0.05, 0.1) is 13.4 Å². The quantitative estimate of drug-likeness (QED) is 0.447. The van der Waals surface area contributed by atoms with Crippen molar-refractivity contribution in [2.75, 3.05) is 13.7 Å². The number of methoxy groups -OCH3 is 1. The molecule has 3 N–H and O–H groups in total. The van der Waals surface area contributed by atoms with E-state index >= 15 is 0 Å². The van der Waals surface area contributed by atoms with Gasteiger partial charge in [0.1, 0.15) is 6.54 Å². The molecule has 0 saturated carbocycles. The zero-order valence-electron chi connectivity index (χ0n) is 17.2. The Morgan fingerprint density at radius 1 is 1.19 bits per heavy atom. The first-order valence-electron chi connectivity index (χ1n) is 9.18. The van der Waals surface area contributed by atoms with E-state index in [0.717, 1.165) is 4.57 Å². The Kier molecular flexibility index (Phi) is 6.09. The average molecular weight is 430 g/mol. The van der Waals surface area contributed by atoms with Crippen LogP contribution in [0.4, 0.5) is 0 Å². The zero-order chi connectivity index (χ0) is 22.7. The largest absolute Gasteiger partial charge is 0.493 e. The predicted octanol–water partition coefficient (Wildman–Crippen LogP) is -1.38. The summed E-state index contributed by atoms with van der Waals surface area (Å²) in [4.78, 5) is 52.5. The number of nitrogens with two attached hydrogens (primary N) is 1. The second-order valence-corrected chi connectivity index (χ2v) is 6.78. The number of aromatic nitrogens is 4. The highest BCUT2D eigenvalue weighted by molar-refractivity contribution is 5.77. The summed E-state index contributed by atoms with van der Waals surface area (Å²) in [6.45, 7) is -0.616. The van der Waals surface area contributed by atoms with Crippen LogP contribution in [0.3, 0.4) is 0 Å². The molecule has 0 radical (unpaired) electrons. The molecule has 0 aliphatic carbocycles. The van der Waals surface area contributed by atoms with Gasteiger partial charge in [0.25, 0.3) is 11.5 Å². The molecule has 0 bridgehead atoms. The second-order valence-electron chi connectivity index (χ2n) is 6.78. The van der Waals surface area contributed by atoms with Crippen molar-refractivity contribution in [2.45, 2.75) is 13.1 Å². The van der Waals surface area contributed by atoms with Crippen molar-refractivity contribution < 1.29 is 19.1 Å². The van der Waals surface area contributed by atoms with E-state index in [-0.39, 0.29) is 24.3 Å². The van der Waals surface area contributed by atoms with Crippen LogP contribution >= 0.6 is 0 Å². The SMILES string of the molecule is COc1cc(CNC(=O)Cn2c(=O)c3c(ncn3C)n(C)c2=O)ccc1OCC(N)=O. The van der Waals surface area contributed by atoms with Gasteiger partial charge in [-0.3, -0.25) is 19.0 Å². The molecule has 164 valence electrons. The summed E-state index contributed by atoms with van der Waals surface area (Å²) < 4.78 is 14.1. The van der Waals surface area contributed by atoms with Crippen LogP contribution in [0, 0.1) is 0 Å². The van der Waals surface area contributed by atoms with Crippen LogP contribution in [0.1, 0.15) is 5.56 Å². The van der Waals surface area contributed by atoms with E-state index in [1.165, 1.54) is 29.6 Å². The molecular formula is C19H22N6O6. The van der Waals surface area contributed by atoms with E-state index < -0.39 is 29.6 Å². The number of amides is 2. The van der Waals surface area contributed by atoms with Crippen molar-refractivity contribution in [1.82, 2.24) is 24.0 Å². The van der Waals surface area contributed by atoms with Crippen LogP contribution in [-0.4, -0.2) is 44.2 Å². The van der Waals surface area contributed by atoms with Gasteiger partial charge < -0.3 is 25.1 Å². The molecule has 0 fully saturated rings. The first-order chi connectivity index (χ1) is 14.7. The molecule has 0 unspecified atom stereocenters. The lowest BCUT2D eigenvalue weighted by Gasteiger charge is -2.12. The zero-order valence-corrected chi connectivity index (χ0v) is 17.2. The Bertz CT molecular complexity index is 1270. The van der Waals surface area contributed by atoms with Gasteiger partial charge in [-0.1, -0.05) is 6.07 Å². The fourth-order valence-electron chi connectivity index (χ4n) is 3.03. The van der Waals surface area contributed by atoms with Crippen LogP contribution in [0.5, 0.6) is 11.5 Å². The maximum absolute atomic E-state index is 12.7. The standard InChI is InChI=1S/C19H22N6O6/c1-23-10-22-17-16(23)18(28)25(19(29)24(17)2)8-15(27)21-7-11-4-5-12(13(6-11)30-3)31-9-14(20)26/h4-6,10H,7-9H2,1-3H3,(H2,20,26)(H,21,27). The minimum Gasteiger partial charge on any atom is -0.493 e. The molecule has 1 aromatic carbocycles. The minimum atomic E-state index is -0.635. The third kappa shape index (κ3) is 4.42. The van der Waals surface area contributed by atoms with Crippen LogP contribution in [-0.2, 0) is 36.8 Å². The number of aryl methyl sites for hydroxylation is 2. The molecular weight excluding hydrogens is 408 g/mol. The van der Waals surface area contributed by atoms with Gasteiger partial charge in [-0.05, 0) is 17.7 Å². The van der Waals surface area contributed by atoms with Gasteiger partial charge in [-0.25, -0.2) is 14.3 Å². The van der Waals surface area contributed by atoms with Crippen molar-refractivity contribution in [3.05, 3.63) is 50.9 Å². The maximum Gasteiger partial charge on any atom is 0.332 e. The molecule has 12 nitrogen and oxygen atoms in total. The van der Waals surface area contributed by atoms with Crippen LogP contribution in [0.25, 0.3) is 11.2 Å². The first kappa shape index (κ1) is 21.6. The molecule has 0 saturated heterocycles. The normalized spacial score (nSPS) is 10.8. The van der Waals surface area contributed by atoms with Gasteiger partial charge in [-0.2, -0.15) is 0 Å². The average Bonchev–Trinajstić information content (AvgIpc) is 3.14. The van der Waals surface area contributed by atoms with Gasteiger partial charge in [-0.15, -0.1) is 0 Å². The number of rotatable bonds is 8. The number of carbonyl (C=O) groups excluding carboxylic acids is 2. The van der Waals surface area contributed by atoms with Crippen molar-refractivity contribution in [1.29, 1.82) is 0 Å². The summed E-state index contributed by atoms with van der Waals surface area (Å²) in [6, 6.07) is 4.88. The topological polar surface area (TPSA) is 152 Å². The number of nitrogens with zero attached hydrogens (tertiary/aromatic N) is 4. The molecule has 2 aromatic heterocycles. The molecule has 3 rings (SSSR count). The Morgan fingerprint density at radius 3 is 2.61 bits per heavy atom. The molecule has 0 aliphatic rings. The molecule has 2 heterocycles. The smallest absolute Gasteiger partial charge is 0.332 e. The molecule has 31 heavy (non-hydrogen) atoms. The highest BCUT2D eigenvalue weighted by atomic mass is 16.5. The fourth-order valence-corrected chi connectivity index (χ4v) is 3.03. The summed E-state index contributed by atoms with van der Waals surface area (Å²) >= 11 is 0. The second kappa shape index (κ2) is 8.73. The number of benzene rings is 1. The number of primary amides is 1. The summed E-state index contributed by atoms with van der Waals surface area (Å²) in [7, 11) is 4.56. The highest BCUT2D eigenvalue weighted by Gasteiger charge is 2.17. The Labute approximate surface area is 175 Å². The molecule has 0 aliphatic heterocycles. The number of hydrogen-bond acceptors (Lipinski definition) is 7. The summed E-state index contributed by atoms with van der Waals surface area (Å²) in [6.07, 6.45) is 1.43. The van der Waals surface area contributed by atoms with E-state index in [9.17, 15) is 19.2 Å². The maximum atomic E-state index is 12.7. The third-order valence-corrected chi connectivity index (χ3v) is 4.59. The number of fused-ring (bicyclic) bond motifs is 1. The number of hydrogen-bond donors (Lipinski definition) is 2. The Morgan fingerprint density at radius 2 is 1.94 bits per heavy atom. The van der Waals surface area contributed by atoms with Gasteiger partial charge in [0.2, 0.25) is 5.91 Å². The third-order valence-electron chi connectivity index (χ3n) is 4.59. The molecule has 2 amide bonds. The summed E-state index contributed by atoms with van der Waals surface area (Å²) in [5.74, 6) is -0.450. The van der Waals surface area contributed by atoms with E-state index in [2.05, 4.69) is 10.3 Å². The number of ether oxygens (including phenoxy) is 2. The van der Waals surface area contributed by atoms with E-state index in [1.54, 1.807) is 25.2 Å². The molecule has 3 aromatic rings. The van der Waals surface area contributed by atoms with E-state index in [1.807, 2.05) is 0 Å². The Balaban J connectivity index is 1.74.